The van der Waals surface area contributed by atoms with Crippen LogP contribution in [0.15, 0.2) is 24.3 Å². The monoisotopic (exact) mass is 341 g/mol. The van der Waals surface area contributed by atoms with E-state index >= 15 is 0 Å². The van der Waals surface area contributed by atoms with Gasteiger partial charge in [-0.05, 0) is 44.1 Å². The maximum atomic E-state index is 11.0. The summed E-state index contributed by atoms with van der Waals surface area (Å²) in [5, 5.41) is 14.4. The van der Waals surface area contributed by atoms with Gasteiger partial charge in [0.15, 0.2) is 0 Å². The van der Waals surface area contributed by atoms with E-state index in [1.807, 2.05) is 55.9 Å². The Morgan fingerprint density at radius 3 is 2.67 bits per heavy atom. The lowest BCUT2D eigenvalue weighted by atomic mass is 10.1. The van der Waals surface area contributed by atoms with Crippen LogP contribution >= 0.6 is 11.3 Å². The van der Waals surface area contributed by atoms with Gasteiger partial charge in [-0.2, -0.15) is 5.10 Å². The molecule has 3 aromatic rings. The van der Waals surface area contributed by atoms with E-state index in [0.717, 1.165) is 37.7 Å². The smallest absolute Gasteiger partial charge is 0.303 e. The highest BCUT2D eigenvalue weighted by Gasteiger charge is 2.14. The molecule has 0 spiro atoms. The molecule has 1 aromatic carbocycles. The van der Waals surface area contributed by atoms with Crippen LogP contribution in [0.25, 0.3) is 21.9 Å². The SMILES string of the molecule is Cc1nn(C)c(C)c1/C=C(\CCC(=O)O)c1nc2ccccc2s1. The fourth-order valence-electron chi connectivity index (χ4n) is 2.67. The fraction of sp³-hybridized carbons (Fsp3) is 0.278. The number of para-hydroxylation sites is 1. The van der Waals surface area contributed by atoms with Gasteiger partial charge in [0.2, 0.25) is 0 Å². The van der Waals surface area contributed by atoms with Gasteiger partial charge < -0.3 is 5.11 Å². The van der Waals surface area contributed by atoms with Crippen LogP contribution in [0.2, 0.25) is 0 Å². The molecule has 0 saturated carbocycles. The molecule has 0 bridgehead atoms. The molecule has 24 heavy (non-hydrogen) atoms. The molecule has 6 heteroatoms. The molecule has 5 nitrogen and oxygen atoms in total. The predicted molar refractivity (Wildman–Crippen MR) is 97.0 cm³/mol. The Morgan fingerprint density at radius 1 is 1.29 bits per heavy atom. The number of nitrogens with zero attached hydrogens (tertiary/aromatic N) is 3. The maximum Gasteiger partial charge on any atom is 0.303 e. The van der Waals surface area contributed by atoms with Gasteiger partial charge in [0.05, 0.1) is 15.9 Å². The molecular formula is C18H19N3O2S. The average molecular weight is 341 g/mol. The molecule has 0 aliphatic carbocycles. The second-order valence-corrected chi connectivity index (χ2v) is 6.79. The van der Waals surface area contributed by atoms with Crippen LogP contribution in [0.1, 0.15) is 34.8 Å². The van der Waals surface area contributed by atoms with E-state index in [0.29, 0.717) is 6.42 Å². The number of fused-ring (bicyclic) bond motifs is 1. The van der Waals surface area contributed by atoms with Crippen LogP contribution in [0, 0.1) is 13.8 Å². The number of aromatic nitrogens is 3. The minimum Gasteiger partial charge on any atom is -0.481 e. The van der Waals surface area contributed by atoms with Crippen molar-refractivity contribution in [2.75, 3.05) is 0 Å². The number of hydrogen-bond acceptors (Lipinski definition) is 4. The van der Waals surface area contributed by atoms with Gasteiger partial charge >= 0.3 is 5.97 Å². The summed E-state index contributed by atoms with van der Waals surface area (Å²) in [6, 6.07) is 7.96. The summed E-state index contributed by atoms with van der Waals surface area (Å²) in [5.74, 6) is -0.804. The predicted octanol–water partition coefficient (Wildman–Crippen LogP) is 4.05. The minimum absolute atomic E-state index is 0.0834. The molecule has 3 rings (SSSR count). The summed E-state index contributed by atoms with van der Waals surface area (Å²) in [5.41, 5.74) is 4.92. The number of hydrogen-bond donors (Lipinski definition) is 1. The largest absolute Gasteiger partial charge is 0.481 e. The molecule has 2 heterocycles. The maximum absolute atomic E-state index is 11.0. The third-order valence-electron chi connectivity index (χ3n) is 4.06. The number of aliphatic carboxylic acids is 1. The van der Waals surface area contributed by atoms with Gasteiger partial charge in [0.1, 0.15) is 5.01 Å². The molecule has 0 fully saturated rings. The lowest BCUT2D eigenvalue weighted by Gasteiger charge is -2.04. The Labute approximate surface area is 144 Å². The average Bonchev–Trinajstić information content (AvgIpc) is 3.06. The molecular weight excluding hydrogens is 322 g/mol. The highest BCUT2D eigenvalue weighted by Crippen LogP contribution is 2.32. The van der Waals surface area contributed by atoms with Crippen molar-refractivity contribution < 1.29 is 9.90 Å². The fourth-order valence-corrected chi connectivity index (χ4v) is 3.67. The molecule has 0 atom stereocenters. The second-order valence-electron chi connectivity index (χ2n) is 5.76. The van der Waals surface area contributed by atoms with E-state index in [1.165, 1.54) is 0 Å². The van der Waals surface area contributed by atoms with Gasteiger partial charge in [-0.25, -0.2) is 4.98 Å². The van der Waals surface area contributed by atoms with Gasteiger partial charge in [-0.15, -0.1) is 11.3 Å². The Balaban J connectivity index is 2.08. The van der Waals surface area contributed by atoms with Crippen LogP contribution < -0.4 is 0 Å². The molecule has 0 radical (unpaired) electrons. The number of allylic oxidation sites excluding steroid dienone is 1. The zero-order valence-corrected chi connectivity index (χ0v) is 14.7. The molecule has 0 aliphatic rings. The molecule has 0 saturated heterocycles. The summed E-state index contributed by atoms with van der Waals surface area (Å²) in [4.78, 5) is 15.7. The first-order chi connectivity index (χ1) is 11.5. The van der Waals surface area contributed by atoms with E-state index in [1.54, 1.807) is 11.3 Å². The topological polar surface area (TPSA) is 68.0 Å². The van der Waals surface area contributed by atoms with Gasteiger partial charge in [-0.1, -0.05) is 12.1 Å². The Hall–Kier alpha value is -2.47. The number of thiazole rings is 1. The van der Waals surface area contributed by atoms with Crippen LogP contribution in [0.3, 0.4) is 0 Å². The minimum atomic E-state index is -0.804. The van der Waals surface area contributed by atoms with Gasteiger partial charge in [-0.3, -0.25) is 9.48 Å². The highest BCUT2D eigenvalue weighted by atomic mass is 32.1. The Bertz CT molecular complexity index is 904. The van der Waals surface area contributed by atoms with Crippen LogP contribution in [-0.4, -0.2) is 25.8 Å². The van der Waals surface area contributed by atoms with E-state index < -0.39 is 5.97 Å². The molecule has 124 valence electrons. The Kier molecular flexibility index (Phi) is 4.49. The van der Waals surface area contributed by atoms with Crippen molar-refractivity contribution in [2.45, 2.75) is 26.7 Å². The van der Waals surface area contributed by atoms with E-state index in [-0.39, 0.29) is 6.42 Å². The zero-order valence-electron chi connectivity index (χ0n) is 13.9. The van der Waals surface area contributed by atoms with Crippen molar-refractivity contribution in [3.05, 3.63) is 46.2 Å². The first-order valence-corrected chi connectivity index (χ1v) is 8.56. The quantitative estimate of drug-likeness (QED) is 0.760. The lowest BCUT2D eigenvalue weighted by molar-refractivity contribution is -0.136. The zero-order chi connectivity index (χ0) is 17.3. The van der Waals surface area contributed by atoms with E-state index in [9.17, 15) is 4.79 Å². The lowest BCUT2D eigenvalue weighted by Crippen LogP contribution is -1.96. The van der Waals surface area contributed by atoms with Crippen molar-refractivity contribution >= 4 is 39.2 Å². The van der Waals surface area contributed by atoms with Gasteiger partial charge in [0.25, 0.3) is 0 Å². The summed E-state index contributed by atoms with van der Waals surface area (Å²) < 4.78 is 2.95. The van der Waals surface area contributed by atoms with Crippen molar-refractivity contribution in [1.29, 1.82) is 0 Å². The number of benzene rings is 1. The number of aryl methyl sites for hydroxylation is 2. The Morgan fingerprint density at radius 2 is 2.04 bits per heavy atom. The summed E-state index contributed by atoms with van der Waals surface area (Å²) in [7, 11) is 1.91. The van der Waals surface area contributed by atoms with E-state index in [2.05, 4.69) is 10.1 Å². The molecule has 0 unspecified atom stereocenters. The van der Waals surface area contributed by atoms with Crippen molar-refractivity contribution in [2.24, 2.45) is 7.05 Å². The highest BCUT2D eigenvalue weighted by molar-refractivity contribution is 7.19. The normalized spacial score (nSPS) is 12.0. The summed E-state index contributed by atoms with van der Waals surface area (Å²) in [6.45, 7) is 3.98. The molecule has 0 aliphatic heterocycles. The van der Waals surface area contributed by atoms with E-state index in [4.69, 9.17) is 5.11 Å². The number of carbonyl (C=O) groups is 1. The first-order valence-electron chi connectivity index (χ1n) is 7.74. The van der Waals surface area contributed by atoms with Crippen molar-refractivity contribution in [3.63, 3.8) is 0 Å². The third-order valence-corrected chi connectivity index (χ3v) is 5.17. The van der Waals surface area contributed by atoms with Crippen LogP contribution in [0.5, 0.6) is 0 Å². The number of carboxylic acid groups (broad SMARTS) is 1. The van der Waals surface area contributed by atoms with Crippen LogP contribution in [-0.2, 0) is 11.8 Å². The van der Waals surface area contributed by atoms with Crippen molar-refractivity contribution in [1.82, 2.24) is 14.8 Å². The second kappa shape index (κ2) is 6.57. The first kappa shape index (κ1) is 16.4. The third kappa shape index (κ3) is 3.23. The number of carboxylic acids is 1. The van der Waals surface area contributed by atoms with Gasteiger partial charge in [0, 0.05) is 24.7 Å². The summed E-state index contributed by atoms with van der Waals surface area (Å²) in [6.07, 6.45) is 2.57. The van der Waals surface area contributed by atoms with Crippen molar-refractivity contribution in [3.8, 4) is 0 Å². The summed E-state index contributed by atoms with van der Waals surface area (Å²) >= 11 is 1.60. The molecule has 2 aromatic heterocycles. The molecule has 0 amide bonds. The standard InChI is InChI=1S/C18H19N3O2S/c1-11-14(12(2)21(3)20-11)10-13(8-9-17(22)23)18-19-15-6-4-5-7-16(15)24-18/h4-7,10H,8-9H2,1-3H3,(H,22,23)/b13-10+. The van der Waals surface area contributed by atoms with Crippen LogP contribution in [0.4, 0.5) is 0 Å². The number of rotatable bonds is 5. The molecule has 1 N–H and O–H groups in total.